The first-order valence-electron chi connectivity index (χ1n) is 7.12. The third-order valence-corrected chi connectivity index (χ3v) is 3.88. The van der Waals surface area contributed by atoms with E-state index in [0.29, 0.717) is 13.0 Å². The molecule has 0 aromatic carbocycles. The maximum atomic E-state index is 11.8. The Morgan fingerprint density at radius 1 is 1.53 bits per heavy atom. The molecule has 1 N–H and O–H groups in total. The molecule has 4 heteroatoms. The fourth-order valence-corrected chi connectivity index (χ4v) is 2.70. The minimum Gasteiger partial charge on any atom is -0.467 e. The van der Waals surface area contributed by atoms with Crippen molar-refractivity contribution in [3.05, 3.63) is 24.2 Å². The van der Waals surface area contributed by atoms with E-state index in [4.69, 9.17) is 9.15 Å². The van der Waals surface area contributed by atoms with E-state index in [1.165, 1.54) is 25.7 Å². The van der Waals surface area contributed by atoms with E-state index in [9.17, 15) is 4.79 Å². The Morgan fingerprint density at radius 2 is 2.32 bits per heavy atom. The summed E-state index contributed by atoms with van der Waals surface area (Å²) in [6, 6.07) is 3.68. The number of amides is 1. The molecule has 0 bridgehead atoms. The van der Waals surface area contributed by atoms with Crippen molar-refractivity contribution in [1.29, 1.82) is 0 Å². The molecule has 4 nitrogen and oxygen atoms in total. The summed E-state index contributed by atoms with van der Waals surface area (Å²) in [6.45, 7) is 0.466. The first-order chi connectivity index (χ1) is 9.29. The average Bonchev–Trinajstić information content (AvgIpc) is 3.10. The second kappa shape index (κ2) is 7.34. The van der Waals surface area contributed by atoms with Crippen LogP contribution in [0.15, 0.2) is 22.8 Å². The molecule has 0 spiro atoms. The second-order valence-corrected chi connectivity index (χ2v) is 5.23. The van der Waals surface area contributed by atoms with Crippen molar-refractivity contribution in [2.24, 2.45) is 5.92 Å². The van der Waals surface area contributed by atoms with Crippen LogP contribution in [-0.4, -0.2) is 19.6 Å². The molecule has 1 unspecified atom stereocenters. The first kappa shape index (κ1) is 14.1. The lowest BCUT2D eigenvalue weighted by atomic mass is 10.0. The van der Waals surface area contributed by atoms with Gasteiger partial charge in [0.1, 0.15) is 11.9 Å². The molecule has 0 radical (unpaired) electrons. The quantitative estimate of drug-likeness (QED) is 0.824. The molecule has 1 aromatic rings. The summed E-state index contributed by atoms with van der Waals surface area (Å²) in [4.78, 5) is 11.8. The third-order valence-electron chi connectivity index (χ3n) is 3.88. The van der Waals surface area contributed by atoms with Gasteiger partial charge in [-0.2, -0.15) is 0 Å². The molecular formula is C15H23NO3. The molecule has 1 aliphatic rings. The van der Waals surface area contributed by atoms with Crippen molar-refractivity contribution in [2.75, 3.05) is 13.7 Å². The van der Waals surface area contributed by atoms with Crippen LogP contribution in [0.3, 0.4) is 0 Å². The molecule has 1 saturated carbocycles. The molecule has 0 saturated heterocycles. The lowest BCUT2D eigenvalue weighted by molar-refractivity contribution is -0.122. The summed E-state index contributed by atoms with van der Waals surface area (Å²) >= 11 is 0. The van der Waals surface area contributed by atoms with E-state index < -0.39 is 0 Å². The highest BCUT2D eigenvalue weighted by Gasteiger charge is 2.17. The monoisotopic (exact) mass is 265 g/mol. The molecule has 2 rings (SSSR count). The Labute approximate surface area is 114 Å². The van der Waals surface area contributed by atoms with Gasteiger partial charge in [0.2, 0.25) is 5.91 Å². The SMILES string of the molecule is COC(CNC(=O)CCC1CCCC1)c1ccco1. The van der Waals surface area contributed by atoms with Crippen molar-refractivity contribution in [3.63, 3.8) is 0 Å². The number of rotatable bonds is 7. The van der Waals surface area contributed by atoms with Crippen LogP contribution in [-0.2, 0) is 9.53 Å². The van der Waals surface area contributed by atoms with Gasteiger partial charge >= 0.3 is 0 Å². The molecule has 19 heavy (non-hydrogen) atoms. The number of carbonyl (C=O) groups excluding carboxylic acids is 1. The smallest absolute Gasteiger partial charge is 0.220 e. The van der Waals surface area contributed by atoms with Gasteiger partial charge in [-0.15, -0.1) is 0 Å². The van der Waals surface area contributed by atoms with Crippen molar-refractivity contribution < 1.29 is 13.9 Å². The van der Waals surface area contributed by atoms with Gasteiger partial charge in [0, 0.05) is 13.5 Å². The van der Waals surface area contributed by atoms with E-state index in [1.54, 1.807) is 13.4 Å². The first-order valence-corrected chi connectivity index (χ1v) is 7.12. The van der Waals surface area contributed by atoms with Gasteiger partial charge in [-0.25, -0.2) is 0 Å². The number of nitrogens with one attached hydrogen (secondary N) is 1. The Balaban J connectivity index is 1.67. The highest BCUT2D eigenvalue weighted by atomic mass is 16.5. The van der Waals surface area contributed by atoms with Crippen LogP contribution in [0, 0.1) is 5.92 Å². The van der Waals surface area contributed by atoms with Crippen LogP contribution in [0.1, 0.15) is 50.4 Å². The molecule has 1 amide bonds. The molecule has 1 aromatic heterocycles. The van der Waals surface area contributed by atoms with E-state index in [1.807, 2.05) is 12.1 Å². The molecular weight excluding hydrogens is 242 g/mol. The van der Waals surface area contributed by atoms with Crippen molar-refractivity contribution in [1.82, 2.24) is 5.32 Å². The molecule has 106 valence electrons. The molecule has 1 fully saturated rings. The number of methoxy groups -OCH3 is 1. The van der Waals surface area contributed by atoms with E-state index >= 15 is 0 Å². The zero-order valence-corrected chi connectivity index (χ0v) is 11.6. The molecule has 1 aliphatic carbocycles. The lowest BCUT2D eigenvalue weighted by Gasteiger charge is -2.14. The van der Waals surface area contributed by atoms with E-state index in [-0.39, 0.29) is 12.0 Å². The topological polar surface area (TPSA) is 51.5 Å². The molecule has 1 atom stereocenters. The maximum Gasteiger partial charge on any atom is 0.220 e. The maximum absolute atomic E-state index is 11.8. The van der Waals surface area contributed by atoms with Gasteiger partial charge in [-0.1, -0.05) is 25.7 Å². The Hall–Kier alpha value is -1.29. The van der Waals surface area contributed by atoms with E-state index in [2.05, 4.69) is 5.32 Å². The third kappa shape index (κ3) is 4.39. The van der Waals surface area contributed by atoms with Crippen LogP contribution < -0.4 is 5.32 Å². The largest absolute Gasteiger partial charge is 0.467 e. The van der Waals surface area contributed by atoms with Gasteiger partial charge in [0.15, 0.2) is 0 Å². The lowest BCUT2D eigenvalue weighted by Crippen LogP contribution is -2.29. The fourth-order valence-electron chi connectivity index (χ4n) is 2.70. The molecule has 1 heterocycles. The number of furan rings is 1. The van der Waals surface area contributed by atoms with Crippen molar-refractivity contribution in [2.45, 2.75) is 44.6 Å². The fraction of sp³-hybridized carbons (Fsp3) is 0.667. The predicted octanol–water partition coefficient (Wildman–Crippen LogP) is 3.05. The van der Waals surface area contributed by atoms with Gasteiger partial charge in [0.25, 0.3) is 0 Å². The van der Waals surface area contributed by atoms with Crippen LogP contribution in [0.4, 0.5) is 0 Å². The number of hydrogen-bond acceptors (Lipinski definition) is 3. The molecule has 0 aliphatic heterocycles. The number of hydrogen-bond donors (Lipinski definition) is 1. The van der Waals surface area contributed by atoms with Crippen LogP contribution in [0.2, 0.25) is 0 Å². The summed E-state index contributed by atoms with van der Waals surface area (Å²) in [5, 5.41) is 2.92. The standard InChI is InChI=1S/C15H23NO3/c1-18-14(13-7-4-10-19-13)11-16-15(17)9-8-12-5-2-3-6-12/h4,7,10,12,14H,2-3,5-6,8-9,11H2,1H3,(H,16,17). The summed E-state index contributed by atoms with van der Waals surface area (Å²) in [6.07, 6.45) is 8.30. The van der Waals surface area contributed by atoms with E-state index in [0.717, 1.165) is 18.1 Å². The number of carbonyl (C=O) groups is 1. The van der Waals surface area contributed by atoms with Crippen molar-refractivity contribution in [3.8, 4) is 0 Å². The van der Waals surface area contributed by atoms with Crippen LogP contribution in [0.25, 0.3) is 0 Å². The Kier molecular flexibility index (Phi) is 5.45. The van der Waals surface area contributed by atoms with Crippen LogP contribution >= 0.6 is 0 Å². The van der Waals surface area contributed by atoms with Gasteiger partial charge in [-0.05, 0) is 24.5 Å². The Morgan fingerprint density at radius 3 is 2.95 bits per heavy atom. The van der Waals surface area contributed by atoms with Gasteiger partial charge in [-0.3, -0.25) is 4.79 Å². The minimum atomic E-state index is -0.203. The minimum absolute atomic E-state index is 0.112. The Bertz CT molecular complexity index is 369. The normalized spacial score (nSPS) is 17.5. The summed E-state index contributed by atoms with van der Waals surface area (Å²) in [5.74, 6) is 1.62. The zero-order chi connectivity index (χ0) is 13.5. The zero-order valence-electron chi connectivity index (χ0n) is 11.6. The highest BCUT2D eigenvalue weighted by molar-refractivity contribution is 5.75. The second-order valence-electron chi connectivity index (χ2n) is 5.23. The predicted molar refractivity (Wildman–Crippen MR) is 72.7 cm³/mol. The summed E-state index contributed by atoms with van der Waals surface area (Å²) < 4.78 is 10.6. The summed E-state index contributed by atoms with van der Waals surface area (Å²) in [7, 11) is 1.62. The highest BCUT2D eigenvalue weighted by Crippen LogP contribution is 2.28. The summed E-state index contributed by atoms with van der Waals surface area (Å²) in [5.41, 5.74) is 0. The van der Waals surface area contributed by atoms with Crippen LogP contribution in [0.5, 0.6) is 0 Å². The van der Waals surface area contributed by atoms with Gasteiger partial charge in [0.05, 0.1) is 12.8 Å². The number of ether oxygens (including phenoxy) is 1. The van der Waals surface area contributed by atoms with Crippen molar-refractivity contribution >= 4 is 5.91 Å². The average molecular weight is 265 g/mol. The van der Waals surface area contributed by atoms with Gasteiger partial charge < -0.3 is 14.5 Å².